The van der Waals surface area contributed by atoms with Crippen LogP contribution in [0.15, 0.2) is 30.3 Å². The Kier molecular flexibility index (Phi) is 4.16. The summed E-state index contributed by atoms with van der Waals surface area (Å²) in [6.07, 6.45) is 5.13. The quantitative estimate of drug-likeness (QED) is 0.813. The van der Waals surface area contributed by atoms with E-state index in [4.69, 9.17) is 4.74 Å². The molecule has 0 amide bonds. The average molecular weight is 270 g/mol. The van der Waals surface area contributed by atoms with Crippen LogP contribution in [0.4, 0.5) is 0 Å². The van der Waals surface area contributed by atoms with Crippen LogP contribution in [0.5, 0.6) is 5.88 Å². The second-order valence-electron chi connectivity index (χ2n) is 5.48. The first-order valence-corrected chi connectivity index (χ1v) is 7.63. The number of rotatable bonds is 6. The van der Waals surface area contributed by atoms with Gasteiger partial charge in [-0.15, -0.1) is 0 Å². The number of para-hydroxylation sites is 1. The molecule has 2 aromatic rings. The Morgan fingerprint density at radius 1 is 1.30 bits per heavy atom. The van der Waals surface area contributed by atoms with Crippen molar-refractivity contribution in [1.29, 1.82) is 0 Å². The van der Waals surface area contributed by atoms with E-state index in [9.17, 15) is 0 Å². The third-order valence-corrected chi connectivity index (χ3v) is 3.86. The van der Waals surface area contributed by atoms with Crippen molar-refractivity contribution in [2.24, 2.45) is 0 Å². The summed E-state index contributed by atoms with van der Waals surface area (Å²) in [5.41, 5.74) is 2.30. The maximum atomic E-state index is 5.97. The van der Waals surface area contributed by atoms with Crippen molar-refractivity contribution in [1.82, 2.24) is 10.3 Å². The van der Waals surface area contributed by atoms with Crippen LogP contribution in [0.3, 0.4) is 0 Å². The molecule has 1 saturated carbocycles. The van der Waals surface area contributed by atoms with Gasteiger partial charge >= 0.3 is 0 Å². The van der Waals surface area contributed by atoms with Crippen molar-refractivity contribution in [2.75, 3.05) is 6.54 Å². The summed E-state index contributed by atoms with van der Waals surface area (Å²) < 4.78 is 5.97. The van der Waals surface area contributed by atoms with Gasteiger partial charge in [0, 0.05) is 18.0 Å². The first-order chi connectivity index (χ1) is 9.86. The van der Waals surface area contributed by atoms with E-state index >= 15 is 0 Å². The minimum Gasteiger partial charge on any atom is -0.474 e. The lowest BCUT2D eigenvalue weighted by Gasteiger charge is -2.26. The molecule has 1 aliphatic carbocycles. The molecule has 1 aliphatic rings. The Balaban J connectivity index is 1.87. The molecule has 1 N–H and O–H groups in total. The molecule has 3 nitrogen and oxygen atoms in total. The molecule has 1 fully saturated rings. The summed E-state index contributed by atoms with van der Waals surface area (Å²) in [6, 6.07) is 10.4. The van der Waals surface area contributed by atoms with E-state index in [0.717, 1.165) is 43.7 Å². The zero-order valence-electron chi connectivity index (χ0n) is 12.1. The van der Waals surface area contributed by atoms with E-state index in [1.54, 1.807) is 0 Å². The maximum Gasteiger partial charge on any atom is 0.214 e. The number of aromatic nitrogens is 1. The van der Waals surface area contributed by atoms with E-state index in [1.807, 2.05) is 6.07 Å². The Morgan fingerprint density at radius 2 is 2.15 bits per heavy atom. The lowest BCUT2D eigenvalue weighted by atomic mass is 9.96. The Bertz CT molecular complexity index is 578. The number of pyridine rings is 1. The molecule has 3 rings (SSSR count). The third kappa shape index (κ3) is 2.93. The molecule has 106 valence electrons. The predicted molar refractivity (Wildman–Crippen MR) is 82.0 cm³/mol. The number of benzene rings is 1. The van der Waals surface area contributed by atoms with Crippen LogP contribution in [0.1, 0.15) is 38.2 Å². The SMILES string of the molecule is CCCNCc1cc(OC2CCC2)nc2ccccc12. The number of nitrogens with zero attached hydrogens (tertiary/aromatic N) is 1. The molecule has 0 radical (unpaired) electrons. The minimum absolute atomic E-state index is 0.375. The summed E-state index contributed by atoms with van der Waals surface area (Å²) in [5.74, 6) is 0.779. The van der Waals surface area contributed by atoms with Crippen LogP contribution in [-0.4, -0.2) is 17.6 Å². The van der Waals surface area contributed by atoms with Gasteiger partial charge in [0.05, 0.1) is 5.52 Å². The first-order valence-electron chi connectivity index (χ1n) is 7.63. The van der Waals surface area contributed by atoms with Gasteiger partial charge in [0.1, 0.15) is 6.10 Å². The van der Waals surface area contributed by atoms with Crippen LogP contribution in [0.25, 0.3) is 10.9 Å². The highest BCUT2D eigenvalue weighted by Gasteiger charge is 2.20. The number of nitrogens with one attached hydrogen (secondary N) is 1. The van der Waals surface area contributed by atoms with Crippen molar-refractivity contribution in [3.63, 3.8) is 0 Å². The fraction of sp³-hybridized carbons (Fsp3) is 0.471. The summed E-state index contributed by atoms with van der Waals surface area (Å²) in [6.45, 7) is 4.09. The van der Waals surface area contributed by atoms with E-state index in [-0.39, 0.29) is 0 Å². The van der Waals surface area contributed by atoms with Gasteiger partial charge in [-0.25, -0.2) is 4.98 Å². The standard InChI is InChI=1S/C17H22N2O/c1-2-10-18-12-13-11-17(20-14-6-5-7-14)19-16-9-4-3-8-15(13)16/h3-4,8-9,11,14,18H,2,5-7,10,12H2,1H3. The van der Waals surface area contributed by atoms with Gasteiger partial charge in [-0.05, 0) is 43.9 Å². The topological polar surface area (TPSA) is 34.1 Å². The lowest BCUT2D eigenvalue weighted by molar-refractivity contribution is 0.115. The zero-order chi connectivity index (χ0) is 13.8. The van der Waals surface area contributed by atoms with Gasteiger partial charge in [-0.2, -0.15) is 0 Å². The van der Waals surface area contributed by atoms with Crippen LogP contribution in [-0.2, 0) is 6.54 Å². The lowest BCUT2D eigenvalue weighted by Crippen LogP contribution is -2.25. The second-order valence-corrected chi connectivity index (χ2v) is 5.48. The van der Waals surface area contributed by atoms with Crippen molar-refractivity contribution >= 4 is 10.9 Å². The Labute approximate surface area is 120 Å². The molecule has 0 aliphatic heterocycles. The molecule has 20 heavy (non-hydrogen) atoms. The van der Waals surface area contributed by atoms with E-state index < -0.39 is 0 Å². The van der Waals surface area contributed by atoms with Gasteiger partial charge in [0.15, 0.2) is 0 Å². The summed E-state index contributed by atoms with van der Waals surface area (Å²) in [5, 5.41) is 4.69. The van der Waals surface area contributed by atoms with Gasteiger partial charge in [-0.3, -0.25) is 0 Å². The summed E-state index contributed by atoms with van der Waals surface area (Å²) >= 11 is 0. The van der Waals surface area contributed by atoms with Crippen LogP contribution in [0, 0.1) is 0 Å². The normalized spacial score (nSPS) is 15.2. The smallest absolute Gasteiger partial charge is 0.214 e. The monoisotopic (exact) mass is 270 g/mol. The third-order valence-electron chi connectivity index (χ3n) is 3.86. The molecule has 0 atom stereocenters. The van der Waals surface area contributed by atoms with Gasteiger partial charge in [0.2, 0.25) is 5.88 Å². The number of hydrogen-bond acceptors (Lipinski definition) is 3. The Hall–Kier alpha value is -1.61. The maximum absolute atomic E-state index is 5.97. The predicted octanol–water partition coefficient (Wildman–Crippen LogP) is 3.67. The zero-order valence-corrected chi connectivity index (χ0v) is 12.1. The van der Waals surface area contributed by atoms with E-state index in [2.05, 4.69) is 41.5 Å². The fourth-order valence-electron chi connectivity index (χ4n) is 2.49. The second kappa shape index (κ2) is 6.23. The number of fused-ring (bicyclic) bond motifs is 1. The number of ether oxygens (including phenoxy) is 1. The Morgan fingerprint density at radius 3 is 2.90 bits per heavy atom. The fourth-order valence-corrected chi connectivity index (χ4v) is 2.49. The molecule has 0 saturated heterocycles. The van der Waals surface area contributed by atoms with Crippen molar-refractivity contribution in [3.05, 3.63) is 35.9 Å². The molecule has 0 spiro atoms. The van der Waals surface area contributed by atoms with Crippen molar-refractivity contribution < 1.29 is 4.74 Å². The van der Waals surface area contributed by atoms with Gasteiger partial charge < -0.3 is 10.1 Å². The molecule has 3 heteroatoms. The highest BCUT2D eigenvalue weighted by Crippen LogP contribution is 2.27. The molecular formula is C17H22N2O. The molecular weight excluding hydrogens is 248 g/mol. The first kappa shape index (κ1) is 13.4. The minimum atomic E-state index is 0.375. The van der Waals surface area contributed by atoms with Gasteiger partial charge in [-0.1, -0.05) is 25.1 Å². The highest BCUT2D eigenvalue weighted by molar-refractivity contribution is 5.82. The van der Waals surface area contributed by atoms with Crippen LogP contribution < -0.4 is 10.1 Å². The highest BCUT2D eigenvalue weighted by atomic mass is 16.5. The van der Waals surface area contributed by atoms with Crippen LogP contribution in [0.2, 0.25) is 0 Å². The van der Waals surface area contributed by atoms with Crippen LogP contribution >= 0.6 is 0 Å². The van der Waals surface area contributed by atoms with E-state index in [0.29, 0.717) is 6.10 Å². The number of hydrogen-bond donors (Lipinski definition) is 1. The van der Waals surface area contributed by atoms with Crippen molar-refractivity contribution in [3.8, 4) is 5.88 Å². The average Bonchev–Trinajstić information content (AvgIpc) is 2.43. The molecule has 0 bridgehead atoms. The molecule has 0 unspecified atom stereocenters. The molecule has 1 heterocycles. The molecule has 1 aromatic heterocycles. The summed E-state index contributed by atoms with van der Waals surface area (Å²) in [7, 11) is 0. The summed E-state index contributed by atoms with van der Waals surface area (Å²) in [4.78, 5) is 4.64. The van der Waals surface area contributed by atoms with Crippen molar-refractivity contribution in [2.45, 2.75) is 45.3 Å². The molecule has 1 aromatic carbocycles. The van der Waals surface area contributed by atoms with Gasteiger partial charge in [0.25, 0.3) is 0 Å². The van der Waals surface area contributed by atoms with E-state index in [1.165, 1.54) is 17.4 Å². The largest absolute Gasteiger partial charge is 0.474 e.